The number of aromatic nitrogens is 5. The third-order valence-electron chi connectivity index (χ3n) is 5.31. The molecule has 1 aromatic carbocycles. The zero-order valence-electron chi connectivity index (χ0n) is 16.1. The minimum absolute atomic E-state index is 0.335. The van der Waals surface area contributed by atoms with Crippen molar-refractivity contribution in [2.75, 3.05) is 0 Å². The fourth-order valence-corrected chi connectivity index (χ4v) is 3.82. The summed E-state index contributed by atoms with van der Waals surface area (Å²) in [7, 11) is 1.62. The number of benzene rings is 1. The first-order chi connectivity index (χ1) is 13.3. The molecule has 0 aliphatic carbocycles. The van der Waals surface area contributed by atoms with Crippen molar-refractivity contribution in [2.24, 2.45) is 7.05 Å². The molecule has 4 aromatic rings. The largest absolute Gasteiger partial charge is 0.333 e. The quantitative estimate of drug-likeness (QED) is 0.499. The average Bonchev–Trinajstić information content (AvgIpc) is 3.17. The molecule has 1 atom stereocenters. The molecule has 0 aliphatic heterocycles. The predicted octanol–water partition coefficient (Wildman–Crippen LogP) is 3.16. The van der Waals surface area contributed by atoms with E-state index in [4.69, 9.17) is 11.6 Å². The zero-order chi connectivity index (χ0) is 20.3. The molecule has 3 aromatic heterocycles. The minimum Gasteiger partial charge on any atom is -0.281 e. The van der Waals surface area contributed by atoms with E-state index in [2.05, 4.69) is 11.6 Å². The summed E-state index contributed by atoms with van der Waals surface area (Å²) in [6, 6.07) is 7.01. The van der Waals surface area contributed by atoms with Gasteiger partial charge in [-0.1, -0.05) is 29.8 Å². The maximum absolute atomic E-state index is 13.3. The van der Waals surface area contributed by atoms with E-state index >= 15 is 0 Å². The molecule has 7 nitrogen and oxygen atoms in total. The van der Waals surface area contributed by atoms with Gasteiger partial charge in [-0.2, -0.15) is 4.98 Å². The SMILES string of the molecule is C=C[C@@H](C)n1c(=O)c2c(nc3n(-c4ccccc4Cl)c(C)c(C)n23)n(C)c1=O. The van der Waals surface area contributed by atoms with Gasteiger partial charge in [-0.3, -0.25) is 22.9 Å². The first-order valence-corrected chi connectivity index (χ1v) is 9.26. The van der Waals surface area contributed by atoms with Crippen molar-refractivity contribution in [1.29, 1.82) is 0 Å². The molecule has 0 saturated carbocycles. The van der Waals surface area contributed by atoms with Crippen molar-refractivity contribution >= 4 is 28.5 Å². The van der Waals surface area contributed by atoms with Crippen LogP contribution in [0.4, 0.5) is 0 Å². The van der Waals surface area contributed by atoms with Crippen LogP contribution in [0.2, 0.25) is 5.02 Å². The Hall–Kier alpha value is -3.06. The highest BCUT2D eigenvalue weighted by Crippen LogP contribution is 2.28. The molecule has 0 saturated heterocycles. The summed E-state index contributed by atoms with van der Waals surface area (Å²) >= 11 is 6.42. The van der Waals surface area contributed by atoms with Gasteiger partial charge in [0.1, 0.15) is 0 Å². The number of hydrogen-bond donors (Lipinski definition) is 0. The van der Waals surface area contributed by atoms with Crippen LogP contribution in [-0.4, -0.2) is 23.1 Å². The van der Waals surface area contributed by atoms with Crippen molar-refractivity contribution in [3.8, 4) is 5.69 Å². The van der Waals surface area contributed by atoms with Gasteiger partial charge in [0.25, 0.3) is 5.56 Å². The Labute approximate surface area is 165 Å². The van der Waals surface area contributed by atoms with E-state index in [0.717, 1.165) is 17.1 Å². The molecule has 0 spiro atoms. The van der Waals surface area contributed by atoms with E-state index in [-0.39, 0.29) is 0 Å². The first-order valence-electron chi connectivity index (χ1n) is 8.88. The van der Waals surface area contributed by atoms with Gasteiger partial charge in [-0.25, -0.2) is 4.79 Å². The molecule has 0 amide bonds. The first kappa shape index (κ1) is 18.3. The van der Waals surface area contributed by atoms with Gasteiger partial charge >= 0.3 is 5.69 Å². The number of rotatable bonds is 3. The zero-order valence-corrected chi connectivity index (χ0v) is 16.9. The Morgan fingerprint density at radius 2 is 1.86 bits per heavy atom. The molecule has 0 unspecified atom stereocenters. The summed E-state index contributed by atoms with van der Waals surface area (Å²) in [5.41, 5.74) is 2.40. The van der Waals surface area contributed by atoms with E-state index < -0.39 is 17.3 Å². The summed E-state index contributed by atoms with van der Waals surface area (Å²) < 4.78 is 6.30. The topological polar surface area (TPSA) is 66.2 Å². The fraction of sp³-hybridized carbons (Fsp3) is 0.250. The third-order valence-corrected chi connectivity index (χ3v) is 5.63. The lowest BCUT2D eigenvalue weighted by atomic mass is 10.3. The molecular weight excluding hydrogens is 378 g/mol. The Morgan fingerprint density at radius 1 is 1.18 bits per heavy atom. The summed E-state index contributed by atoms with van der Waals surface area (Å²) in [5.74, 6) is 0.536. The van der Waals surface area contributed by atoms with Crippen LogP contribution in [0, 0.1) is 13.8 Å². The normalized spacial score (nSPS) is 12.8. The number of para-hydroxylation sites is 1. The van der Waals surface area contributed by atoms with Crippen molar-refractivity contribution < 1.29 is 0 Å². The fourth-order valence-electron chi connectivity index (χ4n) is 3.60. The molecule has 0 radical (unpaired) electrons. The summed E-state index contributed by atoms with van der Waals surface area (Å²) in [6.07, 6.45) is 1.57. The highest BCUT2D eigenvalue weighted by molar-refractivity contribution is 6.32. The lowest BCUT2D eigenvalue weighted by molar-refractivity contribution is 0.574. The van der Waals surface area contributed by atoms with Crippen molar-refractivity contribution in [2.45, 2.75) is 26.8 Å². The van der Waals surface area contributed by atoms with Gasteiger partial charge in [0.15, 0.2) is 11.2 Å². The second-order valence-corrected chi connectivity index (χ2v) is 7.28. The number of nitrogens with zero attached hydrogens (tertiary/aromatic N) is 5. The van der Waals surface area contributed by atoms with Crippen molar-refractivity contribution in [3.63, 3.8) is 0 Å². The van der Waals surface area contributed by atoms with Crippen LogP contribution in [-0.2, 0) is 7.05 Å². The van der Waals surface area contributed by atoms with Crippen LogP contribution in [0.5, 0.6) is 0 Å². The number of hydrogen-bond acceptors (Lipinski definition) is 3. The standard InChI is InChI=1S/C20H20ClN5O2/c1-6-11(2)24-18(27)16-17(23(5)20(24)28)22-19-25(12(3)13(4)26(16)19)15-10-8-7-9-14(15)21/h6-11H,1H2,2-5H3/t11-/m1/s1. The van der Waals surface area contributed by atoms with Crippen LogP contribution in [0.1, 0.15) is 24.4 Å². The van der Waals surface area contributed by atoms with Gasteiger partial charge in [0.05, 0.1) is 16.8 Å². The van der Waals surface area contributed by atoms with E-state index in [9.17, 15) is 9.59 Å². The Kier molecular flexibility index (Phi) is 4.08. The lowest BCUT2D eigenvalue weighted by Gasteiger charge is -2.12. The number of aryl methyl sites for hydroxylation is 2. The van der Waals surface area contributed by atoms with Crippen LogP contribution in [0.15, 0.2) is 46.5 Å². The van der Waals surface area contributed by atoms with Crippen LogP contribution in [0.25, 0.3) is 22.6 Å². The third kappa shape index (κ3) is 2.26. The summed E-state index contributed by atoms with van der Waals surface area (Å²) in [4.78, 5) is 30.7. The monoisotopic (exact) mass is 397 g/mol. The Balaban J connectivity index is 2.25. The number of fused-ring (bicyclic) bond motifs is 3. The maximum atomic E-state index is 13.3. The Bertz CT molecular complexity index is 1390. The average molecular weight is 398 g/mol. The summed E-state index contributed by atoms with van der Waals surface area (Å²) in [5, 5.41) is 0.571. The van der Waals surface area contributed by atoms with E-state index in [1.165, 1.54) is 9.13 Å². The van der Waals surface area contributed by atoms with Crippen LogP contribution in [0.3, 0.4) is 0 Å². The number of halogens is 1. The second kappa shape index (κ2) is 6.24. The number of imidazole rings is 2. The van der Waals surface area contributed by atoms with Crippen LogP contribution < -0.4 is 11.2 Å². The summed E-state index contributed by atoms with van der Waals surface area (Å²) in [6.45, 7) is 9.34. The molecular formula is C20H20ClN5O2. The van der Waals surface area contributed by atoms with Crippen molar-refractivity contribution in [1.82, 2.24) is 23.1 Å². The molecule has 3 heterocycles. The minimum atomic E-state index is -0.437. The molecule has 0 N–H and O–H groups in total. The smallest absolute Gasteiger partial charge is 0.281 e. The molecule has 0 fully saturated rings. The number of allylic oxidation sites excluding steroid dienone is 1. The van der Waals surface area contributed by atoms with E-state index in [1.54, 1.807) is 30.5 Å². The Morgan fingerprint density at radius 3 is 2.50 bits per heavy atom. The molecule has 4 rings (SSSR count). The molecule has 0 aliphatic rings. The van der Waals surface area contributed by atoms with Gasteiger partial charge in [0.2, 0.25) is 5.78 Å². The second-order valence-electron chi connectivity index (χ2n) is 6.87. The van der Waals surface area contributed by atoms with Gasteiger partial charge in [-0.15, -0.1) is 6.58 Å². The molecule has 8 heteroatoms. The highest BCUT2D eigenvalue weighted by atomic mass is 35.5. The molecule has 144 valence electrons. The van der Waals surface area contributed by atoms with E-state index in [0.29, 0.717) is 22.0 Å². The molecule has 0 bridgehead atoms. The highest BCUT2D eigenvalue weighted by Gasteiger charge is 2.24. The molecule has 28 heavy (non-hydrogen) atoms. The van der Waals surface area contributed by atoms with Crippen molar-refractivity contribution in [3.05, 3.63) is 74.2 Å². The van der Waals surface area contributed by atoms with E-state index in [1.807, 2.05) is 36.6 Å². The van der Waals surface area contributed by atoms with Gasteiger partial charge in [0, 0.05) is 18.4 Å². The predicted molar refractivity (Wildman–Crippen MR) is 111 cm³/mol. The lowest BCUT2D eigenvalue weighted by Crippen LogP contribution is -2.40. The van der Waals surface area contributed by atoms with Gasteiger partial charge < -0.3 is 0 Å². The van der Waals surface area contributed by atoms with Crippen LogP contribution >= 0.6 is 11.6 Å². The maximum Gasteiger partial charge on any atom is 0.333 e. The van der Waals surface area contributed by atoms with Gasteiger partial charge in [-0.05, 0) is 32.9 Å².